The standard InChI is InChI=1S/C13H14FNO/c1-9-6-7-16-12(9)8-15-13-10(2)4-3-5-11(13)14/h3-7,15H,8H2,1-2H3. The lowest BCUT2D eigenvalue weighted by atomic mass is 10.2. The minimum absolute atomic E-state index is 0.232. The maximum atomic E-state index is 13.5. The Kier molecular flexibility index (Phi) is 2.95. The molecule has 2 aromatic rings. The molecular formula is C13H14FNO. The van der Waals surface area contributed by atoms with Crippen molar-refractivity contribution in [2.45, 2.75) is 20.4 Å². The number of halogens is 1. The zero-order valence-electron chi connectivity index (χ0n) is 9.38. The maximum absolute atomic E-state index is 13.5. The van der Waals surface area contributed by atoms with Crippen molar-refractivity contribution >= 4 is 5.69 Å². The van der Waals surface area contributed by atoms with E-state index in [-0.39, 0.29) is 5.82 Å². The summed E-state index contributed by atoms with van der Waals surface area (Å²) in [7, 11) is 0. The van der Waals surface area contributed by atoms with Gasteiger partial charge in [0, 0.05) is 0 Å². The van der Waals surface area contributed by atoms with Gasteiger partial charge in [0.05, 0.1) is 18.5 Å². The van der Waals surface area contributed by atoms with Crippen molar-refractivity contribution in [1.82, 2.24) is 0 Å². The lowest BCUT2D eigenvalue weighted by Gasteiger charge is -2.09. The lowest BCUT2D eigenvalue weighted by molar-refractivity contribution is 0.514. The molecule has 1 aromatic heterocycles. The summed E-state index contributed by atoms with van der Waals surface area (Å²) < 4.78 is 18.8. The summed E-state index contributed by atoms with van der Waals surface area (Å²) in [6, 6.07) is 6.92. The van der Waals surface area contributed by atoms with Gasteiger partial charge in [0.25, 0.3) is 0 Å². The minimum Gasteiger partial charge on any atom is -0.467 e. The van der Waals surface area contributed by atoms with Crippen LogP contribution in [0.3, 0.4) is 0 Å². The second-order valence-electron chi connectivity index (χ2n) is 3.81. The molecule has 0 amide bonds. The van der Waals surface area contributed by atoms with E-state index < -0.39 is 0 Å². The fraction of sp³-hybridized carbons (Fsp3) is 0.231. The molecular weight excluding hydrogens is 205 g/mol. The van der Waals surface area contributed by atoms with Crippen LogP contribution in [0.1, 0.15) is 16.9 Å². The van der Waals surface area contributed by atoms with E-state index in [0.717, 1.165) is 16.9 Å². The molecule has 0 unspecified atom stereocenters. The van der Waals surface area contributed by atoms with Crippen molar-refractivity contribution in [3.05, 3.63) is 53.2 Å². The van der Waals surface area contributed by atoms with Crippen molar-refractivity contribution in [3.63, 3.8) is 0 Å². The molecule has 3 heteroatoms. The lowest BCUT2D eigenvalue weighted by Crippen LogP contribution is -2.03. The first-order valence-electron chi connectivity index (χ1n) is 5.20. The number of nitrogens with one attached hydrogen (secondary N) is 1. The van der Waals surface area contributed by atoms with E-state index in [0.29, 0.717) is 12.2 Å². The van der Waals surface area contributed by atoms with Gasteiger partial charge in [0.15, 0.2) is 0 Å². The number of rotatable bonds is 3. The van der Waals surface area contributed by atoms with Gasteiger partial charge in [0.2, 0.25) is 0 Å². The zero-order valence-corrected chi connectivity index (χ0v) is 9.38. The Morgan fingerprint density at radius 3 is 2.62 bits per heavy atom. The van der Waals surface area contributed by atoms with Crippen molar-refractivity contribution in [2.75, 3.05) is 5.32 Å². The Balaban J connectivity index is 2.14. The highest BCUT2D eigenvalue weighted by Gasteiger charge is 2.06. The van der Waals surface area contributed by atoms with Gasteiger partial charge < -0.3 is 9.73 Å². The molecule has 0 aliphatic carbocycles. The third-order valence-corrected chi connectivity index (χ3v) is 2.62. The maximum Gasteiger partial charge on any atom is 0.146 e. The van der Waals surface area contributed by atoms with E-state index in [2.05, 4.69) is 5.32 Å². The average molecular weight is 219 g/mol. The fourth-order valence-corrected chi connectivity index (χ4v) is 1.61. The van der Waals surface area contributed by atoms with Crippen LogP contribution in [0.25, 0.3) is 0 Å². The van der Waals surface area contributed by atoms with E-state index in [1.54, 1.807) is 12.3 Å². The van der Waals surface area contributed by atoms with E-state index in [1.165, 1.54) is 6.07 Å². The second-order valence-corrected chi connectivity index (χ2v) is 3.81. The molecule has 0 aliphatic rings. The number of hydrogen-bond donors (Lipinski definition) is 1. The van der Waals surface area contributed by atoms with Gasteiger partial charge in [-0.3, -0.25) is 0 Å². The van der Waals surface area contributed by atoms with Crippen molar-refractivity contribution in [1.29, 1.82) is 0 Å². The molecule has 1 N–H and O–H groups in total. The van der Waals surface area contributed by atoms with Crippen LogP contribution in [-0.4, -0.2) is 0 Å². The molecule has 0 atom stereocenters. The number of anilines is 1. The van der Waals surface area contributed by atoms with Crippen LogP contribution in [0, 0.1) is 19.7 Å². The van der Waals surface area contributed by atoms with Crippen LogP contribution in [0.2, 0.25) is 0 Å². The molecule has 0 spiro atoms. The molecule has 0 fully saturated rings. The van der Waals surface area contributed by atoms with Gasteiger partial charge in [-0.15, -0.1) is 0 Å². The number of para-hydroxylation sites is 1. The Morgan fingerprint density at radius 2 is 2.00 bits per heavy atom. The van der Waals surface area contributed by atoms with Crippen LogP contribution in [0.15, 0.2) is 34.9 Å². The highest BCUT2D eigenvalue weighted by atomic mass is 19.1. The molecule has 16 heavy (non-hydrogen) atoms. The van der Waals surface area contributed by atoms with Gasteiger partial charge in [-0.2, -0.15) is 0 Å². The van der Waals surface area contributed by atoms with E-state index in [9.17, 15) is 4.39 Å². The third kappa shape index (κ3) is 2.08. The topological polar surface area (TPSA) is 25.2 Å². The average Bonchev–Trinajstić information content (AvgIpc) is 2.64. The largest absolute Gasteiger partial charge is 0.467 e. The first-order valence-corrected chi connectivity index (χ1v) is 5.20. The molecule has 2 rings (SSSR count). The summed E-state index contributed by atoms with van der Waals surface area (Å²) in [5, 5.41) is 3.06. The first kappa shape index (κ1) is 10.7. The molecule has 0 saturated heterocycles. The summed E-state index contributed by atoms with van der Waals surface area (Å²) in [5.74, 6) is 0.604. The highest BCUT2D eigenvalue weighted by molar-refractivity contribution is 5.51. The highest BCUT2D eigenvalue weighted by Crippen LogP contribution is 2.20. The fourth-order valence-electron chi connectivity index (χ4n) is 1.61. The summed E-state index contributed by atoms with van der Waals surface area (Å²) in [6.07, 6.45) is 1.64. The summed E-state index contributed by atoms with van der Waals surface area (Å²) in [5.41, 5.74) is 2.50. The van der Waals surface area contributed by atoms with Crippen LogP contribution in [0.4, 0.5) is 10.1 Å². The number of hydrogen-bond acceptors (Lipinski definition) is 2. The SMILES string of the molecule is Cc1ccoc1CNc1c(C)cccc1F. The molecule has 0 aliphatic heterocycles. The number of benzene rings is 1. The van der Waals surface area contributed by atoms with Crippen molar-refractivity contribution < 1.29 is 8.81 Å². The monoisotopic (exact) mass is 219 g/mol. The Labute approximate surface area is 94.1 Å². The molecule has 1 aromatic carbocycles. The van der Waals surface area contributed by atoms with Gasteiger partial charge in [0.1, 0.15) is 11.6 Å². The van der Waals surface area contributed by atoms with Gasteiger partial charge in [-0.25, -0.2) is 4.39 Å². The second kappa shape index (κ2) is 4.39. The van der Waals surface area contributed by atoms with Gasteiger partial charge in [-0.1, -0.05) is 12.1 Å². The Hall–Kier alpha value is -1.77. The minimum atomic E-state index is -0.232. The van der Waals surface area contributed by atoms with Crippen LogP contribution >= 0.6 is 0 Å². The predicted molar refractivity (Wildman–Crippen MR) is 61.9 cm³/mol. The summed E-state index contributed by atoms with van der Waals surface area (Å²) in [4.78, 5) is 0. The van der Waals surface area contributed by atoms with Crippen molar-refractivity contribution in [2.24, 2.45) is 0 Å². The van der Waals surface area contributed by atoms with E-state index in [4.69, 9.17) is 4.42 Å². The Bertz CT molecular complexity index is 470. The normalized spacial score (nSPS) is 10.4. The van der Waals surface area contributed by atoms with Gasteiger partial charge in [-0.05, 0) is 37.1 Å². The molecule has 84 valence electrons. The smallest absolute Gasteiger partial charge is 0.146 e. The van der Waals surface area contributed by atoms with Gasteiger partial charge >= 0.3 is 0 Å². The summed E-state index contributed by atoms with van der Waals surface area (Å²) in [6.45, 7) is 4.34. The molecule has 1 heterocycles. The van der Waals surface area contributed by atoms with Crippen LogP contribution in [-0.2, 0) is 6.54 Å². The molecule has 0 bridgehead atoms. The number of furan rings is 1. The molecule has 0 radical (unpaired) electrons. The van der Waals surface area contributed by atoms with Crippen LogP contribution in [0.5, 0.6) is 0 Å². The Morgan fingerprint density at radius 1 is 1.19 bits per heavy atom. The first-order chi connectivity index (χ1) is 7.68. The molecule has 0 saturated carbocycles. The summed E-state index contributed by atoms with van der Waals surface area (Å²) >= 11 is 0. The quantitative estimate of drug-likeness (QED) is 0.852. The van der Waals surface area contributed by atoms with Crippen LogP contribution < -0.4 is 5.32 Å². The molecule has 2 nitrogen and oxygen atoms in total. The zero-order chi connectivity index (χ0) is 11.5. The van der Waals surface area contributed by atoms with Crippen molar-refractivity contribution in [3.8, 4) is 0 Å². The van der Waals surface area contributed by atoms with E-state index >= 15 is 0 Å². The predicted octanol–water partition coefficient (Wildman–Crippen LogP) is 3.65. The third-order valence-electron chi connectivity index (χ3n) is 2.62. The van der Waals surface area contributed by atoms with E-state index in [1.807, 2.05) is 26.0 Å². The number of aryl methyl sites for hydroxylation is 2.